The molecule has 5 rings (SSSR count). The molecule has 4 nitrogen and oxygen atoms in total. The maximum atomic E-state index is 13.7. The minimum Gasteiger partial charge on any atom is -0.507 e. The van der Waals surface area contributed by atoms with Crippen molar-refractivity contribution in [2.75, 3.05) is 0 Å². The van der Waals surface area contributed by atoms with Gasteiger partial charge in [-0.25, -0.2) is 0 Å². The van der Waals surface area contributed by atoms with E-state index < -0.39 is 32.9 Å². The number of phenols is 2. The van der Waals surface area contributed by atoms with Crippen LogP contribution < -0.4 is 0 Å². The normalized spacial score (nSPS) is 20.3. The Labute approximate surface area is 275 Å². The second-order valence-electron chi connectivity index (χ2n) is 17.4. The fourth-order valence-corrected chi connectivity index (χ4v) is 7.16. The van der Waals surface area contributed by atoms with Crippen molar-refractivity contribution >= 4 is 0 Å². The predicted octanol–water partition coefficient (Wildman–Crippen LogP) is 9.44. The average molecular weight is 621 g/mol. The fraction of sp³-hybridized carbons (Fsp3) is 0.429. The van der Waals surface area contributed by atoms with Crippen molar-refractivity contribution in [1.29, 1.82) is 0 Å². The molecule has 0 radical (unpaired) electrons. The lowest BCUT2D eigenvalue weighted by Crippen LogP contribution is -2.53. The van der Waals surface area contributed by atoms with Gasteiger partial charge in [-0.2, -0.15) is 0 Å². The number of aliphatic hydroxyl groups is 2. The Morgan fingerprint density at radius 2 is 0.652 bits per heavy atom. The summed E-state index contributed by atoms with van der Waals surface area (Å²) in [4.78, 5) is 0. The van der Waals surface area contributed by atoms with E-state index in [0.717, 1.165) is 11.1 Å². The Morgan fingerprint density at radius 3 is 0.891 bits per heavy atom. The topological polar surface area (TPSA) is 80.9 Å². The van der Waals surface area contributed by atoms with Gasteiger partial charge in [-0.1, -0.05) is 132 Å². The molecular formula is C42H52O4. The molecule has 4 aromatic carbocycles. The van der Waals surface area contributed by atoms with Crippen LogP contribution in [0.2, 0.25) is 0 Å². The zero-order valence-corrected chi connectivity index (χ0v) is 29.7. The number of aromatic hydroxyl groups is 2. The van der Waals surface area contributed by atoms with Gasteiger partial charge >= 0.3 is 0 Å². The van der Waals surface area contributed by atoms with E-state index in [-0.39, 0.29) is 11.5 Å². The molecule has 46 heavy (non-hydrogen) atoms. The smallest absolute Gasteiger partial charge is 0.152 e. The first kappa shape index (κ1) is 33.8. The molecule has 0 aromatic heterocycles. The largest absolute Gasteiger partial charge is 0.507 e. The van der Waals surface area contributed by atoms with Gasteiger partial charge in [0.1, 0.15) is 11.5 Å². The zero-order chi connectivity index (χ0) is 34.4. The molecule has 244 valence electrons. The van der Waals surface area contributed by atoms with Gasteiger partial charge in [0.2, 0.25) is 0 Å². The molecule has 4 aromatic rings. The first-order chi connectivity index (χ1) is 20.9. The molecule has 4 heteroatoms. The van der Waals surface area contributed by atoms with Gasteiger partial charge in [-0.15, -0.1) is 0 Å². The number of hydrogen-bond acceptors (Lipinski definition) is 4. The second kappa shape index (κ2) is 10.5. The third kappa shape index (κ3) is 5.05. The van der Waals surface area contributed by atoms with Gasteiger partial charge in [0.15, 0.2) is 11.2 Å². The molecule has 0 fully saturated rings. The predicted molar refractivity (Wildman–Crippen MR) is 189 cm³/mol. The van der Waals surface area contributed by atoms with Crippen molar-refractivity contribution in [3.63, 3.8) is 0 Å². The molecule has 4 N–H and O–H groups in total. The molecule has 1 aliphatic rings. The second-order valence-corrected chi connectivity index (χ2v) is 17.4. The third-order valence-corrected chi connectivity index (χ3v) is 9.73. The number of phenolic OH excluding ortho intramolecular Hbond substituents is 2. The molecular weight excluding hydrogens is 568 g/mol. The highest BCUT2D eigenvalue weighted by Crippen LogP contribution is 2.59. The van der Waals surface area contributed by atoms with E-state index in [9.17, 15) is 20.4 Å². The van der Waals surface area contributed by atoms with Crippen LogP contribution in [-0.4, -0.2) is 20.4 Å². The lowest BCUT2D eigenvalue weighted by Gasteiger charge is -2.50. The molecule has 0 heterocycles. The highest BCUT2D eigenvalue weighted by atomic mass is 16.4. The summed E-state index contributed by atoms with van der Waals surface area (Å²) in [6.45, 7) is 24.5. The quantitative estimate of drug-likeness (QED) is 0.180. The van der Waals surface area contributed by atoms with Crippen molar-refractivity contribution in [3.05, 3.63) is 117 Å². The van der Waals surface area contributed by atoms with E-state index in [1.807, 2.05) is 156 Å². The van der Waals surface area contributed by atoms with Gasteiger partial charge in [0.25, 0.3) is 0 Å². The van der Waals surface area contributed by atoms with Gasteiger partial charge < -0.3 is 20.4 Å². The summed E-state index contributed by atoms with van der Waals surface area (Å²) in [6.07, 6.45) is 0. The average Bonchev–Trinajstić information content (AvgIpc) is 2.93. The van der Waals surface area contributed by atoms with Crippen LogP contribution in [0.25, 0.3) is 11.1 Å². The van der Waals surface area contributed by atoms with Crippen molar-refractivity contribution in [2.24, 2.45) is 0 Å². The van der Waals surface area contributed by atoms with Gasteiger partial charge in [-0.3, -0.25) is 0 Å². The molecule has 0 saturated heterocycles. The number of hydrogen-bond donors (Lipinski definition) is 4. The Kier molecular flexibility index (Phi) is 7.67. The summed E-state index contributed by atoms with van der Waals surface area (Å²) in [5.41, 5.74) is 0.742. The molecule has 2 atom stereocenters. The van der Waals surface area contributed by atoms with Gasteiger partial charge in [0.05, 0.1) is 0 Å². The summed E-state index contributed by atoms with van der Waals surface area (Å²) in [6, 6.07) is 23.0. The van der Waals surface area contributed by atoms with Crippen molar-refractivity contribution < 1.29 is 20.4 Å². The number of fused-ring (bicyclic) bond motifs is 3. The van der Waals surface area contributed by atoms with E-state index in [0.29, 0.717) is 44.5 Å². The monoisotopic (exact) mass is 620 g/mol. The van der Waals surface area contributed by atoms with E-state index in [1.165, 1.54) is 0 Å². The van der Waals surface area contributed by atoms with Crippen molar-refractivity contribution in [3.8, 4) is 22.6 Å². The Bertz CT molecular complexity index is 1620. The minimum atomic E-state index is -1.99. The maximum absolute atomic E-state index is 13.7. The van der Waals surface area contributed by atoms with Gasteiger partial charge in [-0.05, 0) is 102 Å². The Morgan fingerprint density at radius 1 is 0.413 bits per heavy atom. The molecule has 0 saturated carbocycles. The van der Waals surface area contributed by atoms with Crippen LogP contribution in [0.3, 0.4) is 0 Å². The zero-order valence-electron chi connectivity index (χ0n) is 29.7. The molecule has 0 bridgehead atoms. The van der Waals surface area contributed by atoms with Crippen LogP contribution in [0.4, 0.5) is 0 Å². The highest BCUT2D eigenvalue weighted by Gasteiger charge is 2.59. The maximum Gasteiger partial charge on any atom is 0.152 e. The summed E-state index contributed by atoms with van der Waals surface area (Å²) >= 11 is 0. The lowest BCUT2D eigenvalue weighted by molar-refractivity contribution is -0.114. The van der Waals surface area contributed by atoms with Crippen LogP contribution in [0, 0.1) is 0 Å². The SMILES string of the molecule is CC(C)(C)c1cc(C2(O)c3ccccc3-c3ccccc3C2(O)c2cc(C(C)(C)C)c(O)c(C(C)(C)C)c2)cc(C(C)(C)C)c1O. The number of rotatable bonds is 2. The van der Waals surface area contributed by atoms with Crippen LogP contribution in [-0.2, 0) is 32.9 Å². The van der Waals surface area contributed by atoms with Crippen LogP contribution in [0.15, 0.2) is 72.8 Å². The van der Waals surface area contributed by atoms with Crippen molar-refractivity contribution in [1.82, 2.24) is 0 Å². The van der Waals surface area contributed by atoms with E-state index in [4.69, 9.17) is 0 Å². The standard InChI is InChI=1S/C42H52O4/c1-37(2,3)31-21-25(22-32(35(31)43)38(4,5)6)41(45)29-19-15-13-17-27(29)28-18-14-16-20-30(28)42(41,46)26-23-33(39(7,8)9)36(44)34(24-26)40(10,11)12/h13-24,43-46H,1-12H3. The Balaban J connectivity index is 2.05. The summed E-state index contributed by atoms with van der Waals surface area (Å²) in [5.74, 6) is 0.408. The van der Waals surface area contributed by atoms with E-state index >= 15 is 0 Å². The number of benzene rings is 4. The Hall–Kier alpha value is -3.60. The van der Waals surface area contributed by atoms with E-state index in [2.05, 4.69) is 0 Å². The third-order valence-electron chi connectivity index (χ3n) is 9.73. The van der Waals surface area contributed by atoms with E-state index in [1.54, 1.807) is 0 Å². The summed E-state index contributed by atoms with van der Waals surface area (Å²) < 4.78 is 0. The molecule has 0 amide bonds. The van der Waals surface area contributed by atoms with Crippen LogP contribution >= 0.6 is 0 Å². The van der Waals surface area contributed by atoms with Crippen LogP contribution in [0.1, 0.15) is 128 Å². The summed E-state index contributed by atoms with van der Waals surface area (Å²) in [5, 5.41) is 50.9. The highest BCUT2D eigenvalue weighted by molar-refractivity contribution is 5.80. The fourth-order valence-electron chi connectivity index (χ4n) is 7.16. The minimum absolute atomic E-state index is 0.204. The molecule has 0 spiro atoms. The van der Waals surface area contributed by atoms with Gasteiger partial charge in [0, 0.05) is 0 Å². The first-order valence-corrected chi connectivity index (χ1v) is 16.4. The first-order valence-electron chi connectivity index (χ1n) is 16.4. The van der Waals surface area contributed by atoms with Crippen LogP contribution in [0.5, 0.6) is 11.5 Å². The molecule has 1 aliphatic carbocycles. The molecule has 0 aliphatic heterocycles. The molecule has 2 unspecified atom stereocenters. The lowest BCUT2D eigenvalue weighted by atomic mass is 9.59. The van der Waals surface area contributed by atoms with Crippen molar-refractivity contribution in [2.45, 2.75) is 116 Å². The summed E-state index contributed by atoms with van der Waals surface area (Å²) in [7, 11) is 0.